The van der Waals surface area contributed by atoms with E-state index >= 15 is 0 Å². The third-order valence-electron chi connectivity index (χ3n) is 4.81. The van der Waals surface area contributed by atoms with Crippen LogP contribution in [0.5, 0.6) is 0 Å². The van der Waals surface area contributed by atoms with Crippen LogP contribution in [0.4, 0.5) is 0 Å². The van der Waals surface area contributed by atoms with Crippen LogP contribution in [0.2, 0.25) is 0 Å². The summed E-state index contributed by atoms with van der Waals surface area (Å²) in [5.41, 5.74) is 1.34. The molecule has 0 saturated carbocycles. The summed E-state index contributed by atoms with van der Waals surface area (Å²) in [6, 6.07) is 11.3. The topological polar surface area (TPSA) is 29.5 Å². The first-order valence-electron chi connectivity index (χ1n) is 7.74. The first kappa shape index (κ1) is 13.6. The Morgan fingerprint density at radius 1 is 1.20 bits per heavy atom. The molecule has 1 aromatic rings. The van der Waals surface area contributed by atoms with E-state index in [1.807, 2.05) is 0 Å². The second-order valence-corrected chi connectivity index (χ2v) is 5.95. The number of benzene rings is 1. The summed E-state index contributed by atoms with van der Waals surface area (Å²) in [7, 11) is 0. The minimum Gasteiger partial charge on any atom is -0.465 e. The van der Waals surface area contributed by atoms with Crippen molar-refractivity contribution in [2.24, 2.45) is 5.92 Å². The highest BCUT2D eigenvalue weighted by atomic mass is 16.5. The highest BCUT2D eigenvalue weighted by molar-refractivity contribution is 5.75. The minimum absolute atomic E-state index is 0.0159. The highest BCUT2D eigenvalue weighted by Gasteiger charge is 2.40. The molecule has 2 fully saturated rings. The van der Waals surface area contributed by atoms with Crippen LogP contribution in [-0.2, 0) is 9.53 Å². The lowest BCUT2D eigenvalue weighted by Crippen LogP contribution is -2.46. The van der Waals surface area contributed by atoms with E-state index < -0.39 is 0 Å². The number of nitrogens with zero attached hydrogens (tertiary/aromatic N) is 1. The molecule has 0 unspecified atom stereocenters. The Morgan fingerprint density at radius 3 is 2.70 bits per heavy atom. The smallest absolute Gasteiger partial charge is 0.310 e. The maximum absolute atomic E-state index is 11.9. The molecule has 3 rings (SSSR count). The molecular formula is C17H23NO2. The molecule has 2 heterocycles. The highest BCUT2D eigenvalue weighted by Crippen LogP contribution is 2.35. The fourth-order valence-corrected chi connectivity index (χ4v) is 3.68. The van der Waals surface area contributed by atoms with Crippen LogP contribution in [0, 0.1) is 5.92 Å². The fourth-order valence-electron chi connectivity index (χ4n) is 3.68. The van der Waals surface area contributed by atoms with Gasteiger partial charge in [0.15, 0.2) is 0 Å². The number of hydrogen-bond donors (Lipinski definition) is 0. The molecule has 3 nitrogen and oxygen atoms in total. The van der Waals surface area contributed by atoms with E-state index in [1.165, 1.54) is 18.4 Å². The quantitative estimate of drug-likeness (QED) is 0.792. The zero-order valence-electron chi connectivity index (χ0n) is 12.1. The number of carbonyl (C=O) groups excluding carboxylic acids is 1. The van der Waals surface area contributed by atoms with E-state index in [1.54, 1.807) is 0 Å². The molecule has 0 aliphatic carbocycles. The average Bonchev–Trinajstić information content (AvgIpc) is 2.93. The number of esters is 1. The molecule has 1 aromatic carbocycles. The zero-order valence-corrected chi connectivity index (χ0v) is 12.1. The molecule has 2 aliphatic heterocycles. The number of cyclic esters (lactones) is 1. The number of carbonyl (C=O) groups is 1. The second kappa shape index (κ2) is 5.96. The zero-order chi connectivity index (χ0) is 13.9. The predicted molar refractivity (Wildman–Crippen MR) is 78.3 cm³/mol. The van der Waals surface area contributed by atoms with Crippen molar-refractivity contribution in [1.29, 1.82) is 0 Å². The summed E-state index contributed by atoms with van der Waals surface area (Å²) in [6.45, 7) is 3.95. The molecule has 20 heavy (non-hydrogen) atoms. The van der Waals surface area contributed by atoms with Gasteiger partial charge in [-0.3, -0.25) is 9.69 Å². The standard InChI is InChI=1S/C17H23NO2/c1-13(14-7-3-2-4-8-14)18-11-6-5-9-16(18)15-10-12-20-17(15)19/h2-4,7-8,13,15-16H,5-6,9-12H2,1H3/t13-,15+,16-/m0/s1. The number of piperidine rings is 1. The van der Waals surface area contributed by atoms with Crippen LogP contribution < -0.4 is 0 Å². The van der Waals surface area contributed by atoms with Crippen molar-refractivity contribution >= 4 is 5.97 Å². The van der Waals surface area contributed by atoms with Crippen LogP contribution in [-0.4, -0.2) is 30.1 Å². The van der Waals surface area contributed by atoms with E-state index in [-0.39, 0.29) is 11.9 Å². The van der Waals surface area contributed by atoms with Gasteiger partial charge in [-0.15, -0.1) is 0 Å². The molecule has 0 N–H and O–H groups in total. The normalized spacial score (nSPS) is 29.1. The summed E-state index contributed by atoms with van der Waals surface area (Å²) in [6.07, 6.45) is 4.47. The maximum atomic E-state index is 11.9. The Hall–Kier alpha value is -1.35. The number of rotatable bonds is 3. The van der Waals surface area contributed by atoms with Gasteiger partial charge < -0.3 is 4.74 Å². The van der Waals surface area contributed by atoms with Gasteiger partial charge in [-0.1, -0.05) is 36.8 Å². The van der Waals surface area contributed by atoms with Gasteiger partial charge in [-0.2, -0.15) is 0 Å². The summed E-state index contributed by atoms with van der Waals surface area (Å²) < 4.78 is 5.19. The third kappa shape index (κ3) is 2.59. The van der Waals surface area contributed by atoms with Crippen molar-refractivity contribution in [3.05, 3.63) is 35.9 Å². The van der Waals surface area contributed by atoms with Crippen molar-refractivity contribution in [2.45, 2.75) is 44.7 Å². The van der Waals surface area contributed by atoms with Gasteiger partial charge in [0.2, 0.25) is 0 Å². The van der Waals surface area contributed by atoms with Gasteiger partial charge in [0.05, 0.1) is 12.5 Å². The number of hydrogen-bond acceptors (Lipinski definition) is 3. The predicted octanol–water partition coefficient (Wildman–Crippen LogP) is 3.17. The molecule has 2 saturated heterocycles. The first-order chi connectivity index (χ1) is 9.77. The summed E-state index contributed by atoms with van der Waals surface area (Å²) in [4.78, 5) is 14.5. The average molecular weight is 273 g/mol. The fraction of sp³-hybridized carbons (Fsp3) is 0.588. The Balaban J connectivity index is 1.80. The maximum Gasteiger partial charge on any atom is 0.310 e. The lowest BCUT2D eigenvalue weighted by atomic mass is 9.87. The van der Waals surface area contributed by atoms with Gasteiger partial charge in [0.1, 0.15) is 0 Å². The molecule has 0 radical (unpaired) electrons. The van der Waals surface area contributed by atoms with E-state index in [4.69, 9.17) is 4.74 Å². The minimum atomic E-state index is 0.0159. The first-order valence-corrected chi connectivity index (χ1v) is 7.74. The van der Waals surface area contributed by atoms with Crippen molar-refractivity contribution < 1.29 is 9.53 Å². The van der Waals surface area contributed by atoms with Gasteiger partial charge in [0.25, 0.3) is 0 Å². The van der Waals surface area contributed by atoms with Crippen LogP contribution in [0.3, 0.4) is 0 Å². The molecule has 3 heteroatoms. The van der Waals surface area contributed by atoms with Gasteiger partial charge in [0, 0.05) is 12.1 Å². The van der Waals surface area contributed by atoms with E-state index in [2.05, 4.69) is 42.2 Å². The van der Waals surface area contributed by atoms with Crippen LogP contribution in [0.25, 0.3) is 0 Å². The molecule has 2 aliphatic rings. The van der Waals surface area contributed by atoms with Crippen LogP contribution in [0.1, 0.15) is 44.2 Å². The summed E-state index contributed by atoms with van der Waals surface area (Å²) >= 11 is 0. The van der Waals surface area contributed by atoms with Crippen molar-refractivity contribution in [3.63, 3.8) is 0 Å². The number of ether oxygens (including phenoxy) is 1. The monoisotopic (exact) mass is 273 g/mol. The molecular weight excluding hydrogens is 250 g/mol. The molecule has 0 bridgehead atoms. The van der Waals surface area contributed by atoms with E-state index in [9.17, 15) is 4.79 Å². The summed E-state index contributed by atoms with van der Waals surface area (Å²) in [5, 5.41) is 0. The SMILES string of the molecule is C[C@@H](c1ccccc1)N1CCCC[C@H]1[C@H]1CCOC1=O. The lowest BCUT2D eigenvalue weighted by molar-refractivity contribution is -0.143. The van der Waals surface area contributed by atoms with Gasteiger partial charge in [-0.25, -0.2) is 0 Å². The second-order valence-electron chi connectivity index (χ2n) is 5.95. The Morgan fingerprint density at radius 2 is 2.00 bits per heavy atom. The number of likely N-dealkylation sites (tertiary alicyclic amines) is 1. The molecule has 0 aromatic heterocycles. The molecule has 0 amide bonds. The largest absolute Gasteiger partial charge is 0.465 e. The Kier molecular flexibility index (Phi) is 4.06. The molecule has 3 atom stereocenters. The van der Waals surface area contributed by atoms with E-state index in [0.717, 1.165) is 19.4 Å². The molecule has 108 valence electrons. The summed E-state index contributed by atoms with van der Waals surface area (Å²) in [5.74, 6) is 0.101. The lowest BCUT2D eigenvalue weighted by Gasteiger charge is -2.42. The Bertz CT molecular complexity index is 459. The molecule has 0 spiro atoms. The van der Waals surface area contributed by atoms with Crippen molar-refractivity contribution in [1.82, 2.24) is 4.90 Å². The van der Waals surface area contributed by atoms with E-state index in [0.29, 0.717) is 18.7 Å². The van der Waals surface area contributed by atoms with Crippen molar-refractivity contribution in [3.8, 4) is 0 Å². The van der Waals surface area contributed by atoms with Crippen LogP contribution in [0.15, 0.2) is 30.3 Å². The van der Waals surface area contributed by atoms with Gasteiger partial charge in [-0.05, 0) is 38.3 Å². The van der Waals surface area contributed by atoms with Gasteiger partial charge >= 0.3 is 5.97 Å². The Labute approximate surface area is 120 Å². The third-order valence-corrected chi connectivity index (χ3v) is 4.81. The van der Waals surface area contributed by atoms with Crippen molar-refractivity contribution in [2.75, 3.05) is 13.2 Å². The van der Waals surface area contributed by atoms with Crippen LogP contribution >= 0.6 is 0 Å².